The zero-order chi connectivity index (χ0) is 22.0. The highest BCUT2D eigenvalue weighted by Gasteiger charge is 2.29. The highest BCUT2D eigenvalue weighted by atomic mass is 16.4. The van der Waals surface area contributed by atoms with Gasteiger partial charge in [-0.15, -0.1) is 0 Å². The monoisotopic (exact) mass is 406 g/mol. The molecule has 0 bridgehead atoms. The molecule has 0 radical (unpaired) electrons. The Morgan fingerprint density at radius 1 is 1.00 bits per heavy atom. The summed E-state index contributed by atoms with van der Waals surface area (Å²) in [5.41, 5.74) is 11.4. The van der Waals surface area contributed by atoms with E-state index >= 15 is 0 Å². The van der Waals surface area contributed by atoms with Gasteiger partial charge in [-0.2, -0.15) is 0 Å². The first kappa shape index (κ1) is 24.1. The van der Waals surface area contributed by atoms with Gasteiger partial charge in [0.25, 0.3) is 0 Å². The topological polar surface area (TPSA) is 165 Å². The first-order chi connectivity index (χ1) is 13.6. The van der Waals surface area contributed by atoms with Crippen molar-refractivity contribution in [2.24, 2.45) is 17.4 Å². The SMILES string of the molecule is CC(C)C[C@@H](N[C@H](CCC(N)=O)C(=O)O)C(=O)N[C@@H](Cc1ccccc1)C(N)=O. The number of hydrogen-bond donors (Lipinski definition) is 5. The summed E-state index contributed by atoms with van der Waals surface area (Å²) in [6, 6.07) is 6.16. The molecule has 1 rings (SSSR count). The zero-order valence-corrected chi connectivity index (χ0v) is 16.8. The number of hydrogen-bond acceptors (Lipinski definition) is 5. The molecule has 0 aliphatic heterocycles. The molecular formula is C20H30N4O5. The molecule has 0 spiro atoms. The van der Waals surface area contributed by atoms with Crippen LogP contribution in [-0.2, 0) is 25.6 Å². The summed E-state index contributed by atoms with van der Waals surface area (Å²) in [4.78, 5) is 47.1. The molecule has 160 valence electrons. The van der Waals surface area contributed by atoms with Crippen LogP contribution in [0, 0.1) is 5.92 Å². The number of amides is 3. The van der Waals surface area contributed by atoms with Gasteiger partial charge < -0.3 is 21.9 Å². The van der Waals surface area contributed by atoms with Gasteiger partial charge in [0.2, 0.25) is 17.7 Å². The van der Waals surface area contributed by atoms with Crippen LogP contribution >= 0.6 is 0 Å². The Hall–Kier alpha value is -2.94. The number of carboxylic acids is 1. The lowest BCUT2D eigenvalue weighted by atomic mass is 9.99. The molecule has 0 unspecified atom stereocenters. The largest absolute Gasteiger partial charge is 0.480 e. The molecule has 9 heteroatoms. The highest BCUT2D eigenvalue weighted by molar-refractivity contribution is 5.89. The number of carbonyl (C=O) groups excluding carboxylic acids is 3. The quantitative estimate of drug-likeness (QED) is 0.307. The van der Waals surface area contributed by atoms with Gasteiger partial charge in [0.15, 0.2) is 0 Å². The van der Waals surface area contributed by atoms with E-state index in [-0.39, 0.29) is 25.2 Å². The lowest BCUT2D eigenvalue weighted by Crippen LogP contribution is -2.56. The maximum atomic E-state index is 12.8. The van der Waals surface area contributed by atoms with Crippen LogP contribution in [0.25, 0.3) is 0 Å². The summed E-state index contributed by atoms with van der Waals surface area (Å²) >= 11 is 0. The van der Waals surface area contributed by atoms with Gasteiger partial charge in [-0.3, -0.25) is 24.5 Å². The van der Waals surface area contributed by atoms with Crippen molar-refractivity contribution in [3.63, 3.8) is 0 Å². The average Bonchev–Trinajstić information content (AvgIpc) is 2.63. The molecule has 0 fully saturated rings. The van der Waals surface area contributed by atoms with Crippen LogP contribution in [-0.4, -0.2) is 46.9 Å². The molecular weight excluding hydrogens is 376 g/mol. The highest BCUT2D eigenvalue weighted by Crippen LogP contribution is 2.10. The number of nitrogens with one attached hydrogen (secondary N) is 2. The number of carboxylic acid groups (broad SMARTS) is 1. The minimum Gasteiger partial charge on any atom is -0.480 e. The van der Waals surface area contributed by atoms with E-state index in [0.29, 0.717) is 6.42 Å². The molecule has 0 saturated carbocycles. The van der Waals surface area contributed by atoms with E-state index in [1.54, 1.807) is 0 Å². The van der Waals surface area contributed by atoms with E-state index in [9.17, 15) is 24.3 Å². The van der Waals surface area contributed by atoms with E-state index in [4.69, 9.17) is 11.5 Å². The minimum absolute atomic E-state index is 0.0458. The normalized spacial score (nSPS) is 14.0. The van der Waals surface area contributed by atoms with Crippen molar-refractivity contribution in [3.05, 3.63) is 35.9 Å². The smallest absolute Gasteiger partial charge is 0.320 e. The van der Waals surface area contributed by atoms with E-state index in [1.165, 1.54) is 0 Å². The lowest BCUT2D eigenvalue weighted by molar-refractivity contribution is -0.140. The molecule has 0 aliphatic carbocycles. The summed E-state index contributed by atoms with van der Waals surface area (Å²) in [6.07, 6.45) is 0.386. The Kier molecular flexibility index (Phi) is 9.81. The molecule has 0 aromatic heterocycles. The standard InChI is InChI=1S/C20H30N4O5/c1-12(2)10-16(23-14(20(28)29)8-9-17(21)25)19(27)24-15(18(22)26)11-13-6-4-3-5-7-13/h3-7,12,14-16,23H,8-11H2,1-2H3,(H2,21,25)(H2,22,26)(H,24,27)(H,28,29)/t14-,15+,16-/m1/s1. The predicted molar refractivity (Wildman–Crippen MR) is 108 cm³/mol. The second-order valence-corrected chi connectivity index (χ2v) is 7.40. The van der Waals surface area contributed by atoms with E-state index in [2.05, 4.69) is 10.6 Å². The average molecular weight is 406 g/mol. The van der Waals surface area contributed by atoms with Crippen LogP contribution in [0.15, 0.2) is 30.3 Å². The van der Waals surface area contributed by atoms with E-state index < -0.39 is 41.8 Å². The molecule has 3 amide bonds. The third kappa shape index (κ3) is 9.20. The number of aliphatic carboxylic acids is 1. The molecule has 0 heterocycles. The van der Waals surface area contributed by atoms with Crippen LogP contribution in [0.5, 0.6) is 0 Å². The van der Waals surface area contributed by atoms with Gasteiger partial charge in [-0.1, -0.05) is 44.2 Å². The second-order valence-electron chi connectivity index (χ2n) is 7.40. The van der Waals surface area contributed by atoms with Crippen molar-refractivity contribution < 1.29 is 24.3 Å². The van der Waals surface area contributed by atoms with Crippen LogP contribution in [0.4, 0.5) is 0 Å². The number of benzene rings is 1. The fourth-order valence-electron chi connectivity index (χ4n) is 2.87. The van der Waals surface area contributed by atoms with Crippen LogP contribution in [0.1, 0.15) is 38.7 Å². The fourth-order valence-corrected chi connectivity index (χ4v) is 2.87. The van der Waals surface area contributed by atoms with Gasteiger partial charge in [-0.05, 0) is 24.3 Å². The molecule has 1 aromatic rings. The summed E-state index contributed by atoms with van der Waals surface area (Å²) in [5, 5.41) is 14.8. The summed E-state index contributed by atoms with van der Waals surface area (Å²) in [5.74, 6) is -2.95. The lowest BCUT2D eigenvalue weighted by Gasteiger charge is -2.26. The molecule has 7 N–H and O–H groups in total. The second kappa shape index (κ2) is 11.8. The summed E-state index contributed by atoms with van der Waals surface area (Å²) in [7, 11) is 0. The number of rotatable bonds is 13. The third-order valence-electron chi connectivity index (χ3n) is 4.35. The predicted octanol–water partition coefficient (Wildman–Crippen LogP) is -0.0778. The molecule has 0 aliphatic rings. The summed E-state index contributed by atoms with van der Waals surface area (Å²) in [6.45, 7) is 3.77. The Morgan fingerprint density at radius 2 is 1.62 bits per heavy atom. The maximum Gasteiger partial charge on any atom is 0.320 e. The number of nitrogens with two attached hydrogens (primary N) is 2. The molecule has 1 aromatic carbocycles. The first-order valence-corrected chi connectivity index (χ1v) is 9.50. The van der Waals surface area contributed by atoms with Gasteiger partial charge >= 0.3 is 5.97 Å². The van der Waals surface area contributed by atoms with E-state index in [0.717, 1.165) is 5.56 Å². The molecule has 29 heavy (non-hydrogen) atoms. The Balaban J connectivity index is 2.90. The van der Waals surface area contributed by atoms with Gasteiger partial charge in [0, 0.05) is 12.8 Å². The van der Waals surface area contributed by atoms with Crippen molar-refractivity contribution in [1.29, 1.82) is 0 Å². The number of primary amides is 2. The minimum atomic E-state index is -1.19. The van der Waals surface area contributed by atoms with Gasteiger partial charge in [0.1, 0.15) is 12.1 Å². The fraction of sp³-hybridized carbons (Fsp3) is 0.500. The maximum absolute atomic E-state index is 12.8. The van der Waals surface area contributed by atoms with Crippen LogP contribution in [0.2, 0.25) is 0 Å². The Bertz CT molecular complexity index is 708. The van der Waals surface area contributed by atoms with Crippen molar-refractivity contribution in [3.8, 4) is 0 Å². The van der Waals surface area contributed by atoms with Crippen molar-refractivity contribution >= 4 is 23.7 Å². The number of carbonyl (C=O) groups is 4. The Labute approximate surface area is 170 Å². The first-order valence-electron chi connectivity index (χ1n) is 9.50. The zero-order valence-electron chi connectivity index (χ0n) is 16.8. The van der Waals surface area contributed by atoms with Crippen LogP contribution in [0.3, 0.4) is 0 Å². The molecule has 9 nitrogen and oxygen atoms in total. The van der Waals surface area contributed by atoms with Gasteiger partial charge in [-0.25, -0.2) is 0 Å². The van der Waals surface area contributed by atoms with Gasteiger partial charge in [0.05, 0.1) is 6.04 Å². The van der Waals surface area contributed by atoms with Crippen molar-refractivity contribution in [2.75, 3.05) is 0 Å². The third-order valence-corrected chi connectivity index (χ3v) is 4.35. The van der Waals surface area contributed by atoms with E-state index in [1.807, 2.05) is 44.2 Å². The van der Waals surface area contributed by atoms with Crippen molar-refractivity contribution in [1.82, 2.24) is 10.6 Å². The molecule has 3 atom stereocenters. The molecule has 0 saturated heterocycles. The van der Waals surface area contributed by atoms with Crippen molar-refractivity contribution in [2.45, 2.75) is 57.7 Å². The Morgan fingerprint density at radius 3 is 2.10 bits per heavy atom. The summed E-state index contributed by atoms with van der Waals surface area (Å²) < 4.78 is 0. The van der Waals surface area contributed by atoms with Crippen LogP contribution < -0.4 is 22.1 Å².